The molecular weight excluding hydrogens is 807 g/mol. The molecule has 3 aromatic heterocycles. The lowest BCUT2D eigenvalue weighted by Crippen LogP contribution is -2.61. The highest BCUT2D eigenvalue weighted by molar-refractivity contribution is 7.00. The van der Waals surface area contributed by atoms with Crippen molar-refractivity contribution >= 4 is 112 Å². The molecule has 0 radical (unpaired) electrons. The first-order chi connectivity index (χ1) is 42.4. The summed E-state index contributed by atoms with van der Waals surface area (Å²) in [6.07, 6.45) is 0. The zero-order chi connectivity index (χ0) is 66.3. The Bertz CT molecular complexity index is 5470. The summed E-state index contributed by atoms with van der Waals surface area (Å²) < 4.78 is 253. The molecule has 0 N–H and O–H groups in total. The number of nitrogens with zero attached hydrogens (tertiary/aromatic N) is 4. The molecule has 0 saturated carbocycles. The van der Waals surface area contributed by atoms with Crippen LogP contribution in [0.25, 0.3) is 71.5 Å². The highest BCUT2D eigenvalue weighted by Gasteiger charge is 2.49. The minimum atomic E-state index is -1.88. The summed E-state index contributed by atoms with van der Waals surface area (Å²) in [5.41, 5.74) is -10.7. The third-order valence-electron chi connectivity index (χ3n) is 12.4. The number of fused-ring (bicyclic) bond motifs is 14. The van der Waals surface area contributed by atoms with Crippen molar-refractivity contribution in [2.45, 2.75) is 52.4 Å². The van der Waals surface area contributed by atoms with Crippen LogP contribution in [0.4, 0.5) is 34.1 Å². The third-order valence-corrected chi connectivity index (χ3v) is 12.4. The third kappa shape index (κ3) is 4.86. The van der Waals surface area contributed by atoms with Crippen LogP contribution in [-0.4, -0.2) is 11.3 Å². The average molecular weight is 876 g/mol. The van der Waals surface area contributed by atoms with Crippen LogP contribution in [0.3, 0.4) is 0 Å². The molecule has 0 unspecified atom stereocenters. The summed E-state index contributed by atoms with van der Waals surface area (Å²) in [5.74, 6) is 0. The van der Waals surface area contributed by atoms with E-state index in [0.29, 0.717) is 0 Å². The van der Waals surface area contributed by atoms with Gasteiger partial charge in [-0.25, -0.2) is 0 Å². The molecule has 6 heterocycles. The maximum Gasteiger partial charge on any atom is 0.297 e. The van der Waals surface area contributed by atoms with Crippen molar-refractivity contribution in [2.75, 3.05) is 9.80 Å². The SMILES string of the molecule is [2H]c1c([2H])c([2H])c(-c2c([2H])c([2H])c3oc4c(c3c2[2H])N(c2c([2H])c([2H])c([2H])c3c2oc2c([2H])c([2H])c([2H])c([2H])c23)c2c([2H])c(C#N)c([2H])c3c2B4c2c([2H])c([2H])c([2H])c4c2N3c2c([2H])c(C(C)(C)C)c([2H])c3c5c([2H])c(C(C)(C)C)c([2H])c([2H])c5n-4c23)c([2H])c1[2H]. The highest BCUT2D eigenvalue weighted by Crippen LogP contribution is 2.55. The second-order valence-corrected chi connectivity index (χ2v) is 18.4. The van der Waals surface area contributed by atoms with E-state index in [1.807, 2.05) is 6.07 Å². The predicted molar refractivity (Wildman–Crippen MR) is 273 cm³/mol. The Morgan fingerprint density at radius 1 is 0.530 bits per heavy atom. The van der Waals surface area contributed by atoms with Crippen LogP contribution >= 0.6 is 0 Å². The van der Waals surface area contributed by atoms with Crippen molar-refractivity contribution in [1.29, 1.82) is 5.26 Å². The lowest BCUT2D eigenvalue weighted by atomic mass is 9.35. The molecule has 14 rings (SSSR count). The van der Waals surface area contributed by atoms with Gasteiger partial charge in [0.05, 0.1) is 91.0 Å². The number of hydrogen-bond donors (Lipinski definition) is 0. The van der Waals surface area contributed by atoms with Gasteiger partial charge in [-0.15, -0.1) is 0 Å². The summed E-state index contributed by atoms with van der Waals surface area (Å²) in [6, 6.07) is -16.8. The first-order valence-corrected chi connectivity index (χ1v) is 20.9. The van der Waals surface area contributed by atoms with E-state index >= 15 is 0 Å². The first-order valence-electron chi connectivity index (χ1n) is 33.4. The van der Waals surface area contributed by atoms with Crippen LogP contribution in [0.5, 0.6) is 0 Å². The van der Waals surface area contributed by atoms with E-state index < -0.39 is 235 Å². The molecule has 3 aliphatic heterocycles. The van der Waals surface area contributed by atoms with Gasteiger partial charge in [0.25, 0.3) is 6.71 Å². The van der Waals surface area contributed by atoms with Crippen LogP contribution in [0, 0.1) is 11.3 Å². The number of para-hydroxylation sites is 3. The number of furan rings is 2. The fourth-order valence-corrected chi connectivity index (χ4v) is 9.49. The second-order valence-electron chi connectivity index (χ2n) is 18.4. The van der Waals surface area contributed by atoms with Gasteiger partial charge < -0.3 is 23.2 Å². The second kappa shape index (κ2) is 12.6. The standard InChI is InChI=1S/C59H43BN4O2/c1-58(2,3)36-23-24-44-40(29-36)41-30-37(59(4,5)6)31-49-53(41)62(44)45-19-13-18-43-55(45)64(49)48-27-33(32-61)26-47-52(48)60(43)57-54(42-28-35(22-25-51(42)66-57)34-14-8-7-9-15-34)63(47)46-20-12-17-39-38-16-10-11-21-50(38)65-56(39)46/h7-31H,1-6H3/i7D,8D,9D,10D,11D,12D,13D,14D,15D,16D,17D,18D,19D,20D,21D,22D,23D,24D,25D,26D,27D,28D,29D,30D,31D. The predicted octanol–water partition coefficient (Wildman–Crippen LogP) is 14.0. The van der Waals surface area contributed by atoms with E-state index in [4.69, 9.17) is 21.2 Å². The Kier molecular flexibility index (Phi) is 3.93. The molecule has 0 bridgehead atoms. The summed E-state index contributed by atoms with van der Waals surface area (Å²) >= 11 is 0. The minimum Gasteiger partial charge on any atom is -0.468 e. The zero-order valence-electron chi connectivity index (χ0n) is 60.7. The maximum atomic E-state index is 11.5. The summed E-state index contributed by atoms with van der Waals surface area (Å²) in [4.78, 5) is 2.24. The topological polar surface area (TPSA) is 61.5 Å². The molecule has 3 aliphatic rings. The summed E-state index contributed by atoms with van der Waals surface area (Å²) in [7, 11) is 0. The van der Waals surface area contributed by atoms with Gasteiger partial charge in [-0.3, -0.25) is 0 Å². The van der Waals surface area contributed by atoms with Crippen LogP contribution in [0.15, 0.2) is 160 Å². The van der Waals surface area contributed by atoms with Crippen LogP contribution < -0.4 is 26.4 Å². The summed E-state index contributed by atoms with van der Waals surface area (Å²) in [5, 5.41) is 9.86. The normalized spacial score (nSPS) is 19.1. The van der Waals surface area contributed by atoms with Crippen molar-refractivity contribution in [3.05, 3.63) is 168 Å². The fraction of sp³-hybridized carbons (Fsp3) is 0.136. The molecule has 0 atom stereocenters. The van der Waals surface area contributed by atoms with Gasteiger partial charge in [0, 0.05) is 38.3 Å². The molecule has 0 saturated heterocycles. The van der Waals surface area contributed by atoms with E-state index in [-0.39, 0.29) is 73.0 Å². The quantitative estimate of drug-likeness (QED) is 0.162. The highest BCUT2D eigenvalue weighted by atomic mass is 16.3. The maximum absolute atomic E-state index is 11.5. The van der Waals surface area contributed by atoms with E-state index in [9.17, 15) is 27.2 Å². The zero-order valence-corrected chi connectivity index (χ0v) is 35.7. The molecule has 7 heteroatoms. The molecule has 0 spiro atoms. The molecule has 314 valence electrons. The van der Waals surface area contributed by atoms with Crippen molar-refractivity contribution in [1.82, 2.24) is 4.57 Å². The van der Waals surface area contributed by atoms with E-state index in [0.717, 1.165) is 4.90 Å². The largest absolute Gasteiger partial charge is 0.468 e. The molecule has 11 aromatic rings. The van der Waals surface area contributed by atoms with Crippen LogP contribution in [0.1, 0.15) is 92.5 Å². The van der Waals surface area contributed by atoms with Crippen molar-refractivity contribution in [3.8, 4) is 22.9 Å². The Labute approximate surface area is 417 Å². The number of benzene rings is 8. The van der Waals surface area contributed by atoms with Gasteiger partial charge in [0.2, 0.25) is 0 Å². The minimum absolute atomic E-state index is 0.0405. The number of hydrogen-bond acceptors (Lipinski definition) is 5. The van der Waals surface area contributed by atoms with Crippen LogP contribution in [-0.2, 0) is 10.8 Å². The van der Waals surface area contributed by atoms with Gasteiger partial charge >= 0.3 is 0 Å². The van der Waals surface area contributed by atoms with Crippen molar-refractivity contribution in [2.24, 2.45) is 0 Å². The Balaban J connectivity index is 1.29. The van der Waals surface area contributed by atoms with Crippen molar-refractivity contribution in [3.63, 3.8) is 0 Å². The molecule has 0 aliphatic carbocycles. The van der Waals surface area contributed by atoms with E-state index in [1.165, 1.54) is 9.47 Å². The fourth-order valence-electron chi connectivity index (χ4n) is 9.49. The number of rotatable bonds is 2. The summed E-state index contributed by atoms with van der Waals surface area (Å²) in [6.45, 7) is 8.51. The molecular formula is C59H43BN4O2. The van der Waals surface area contributed by atoms with Gasteiger partial charge in [-0.05, 0) is 110 Å². The molecule has 0 amide bonds. The van der Waals surface area contributed by atoms with E-state index in [2.05, 4.69) is 0 Å². The lowest BCUT2D eigenvalue weighted by molar-refractivity contribution is 0.590. The molecule has 8 aromatic carbocycles. The number of nitriles is 1. The van der Waals surface area contributed by atoms with Gasteiger partial charge in [0.15, 0.2) is 5.58 Å². The Hall–Kier alpha value is -7.95. The van der Waals surface area contributed by atoms with Crippen molar-refractivity contribution < 1.29 is 43.1 Å². The Morgan fingerprint density at radius 2 is 1.23 bits per heavy atom. The number of anilines is 6. The van der Waals surface area contributed by atoms with E-state index in [1.54, 1.807) is 41.5 Å². The first kappa shape index (κ1) is 20.5. The molecule has 6 nitrogen and oxygen atoms in total. The van der Waals surface area contributed by atoms with Crippen LogP contribution in [0.2, 0.25) is 0 Å². The monoisotopic (exact) mass is 876 g/mol. The van der Waals surface area contributed by atoms with Gasteiger partial charge in [0.1, 0.15) is 11.2 Å². The molecule has 0 fully saturated rings. The number of aromatic nitrogens is 1. The molecule has 66 heavy (non-hydrogen) atoms. The lowest BCUT2D eigenvalue weighted by Gasteiger charge is -2.45. The van der Waals surface area contributed by atoms with Gasteiger partial charge in [-0.2, -0.15) is 5.26 Å². The average Bonchev–Trinajstić information content (AvgIpc) is 1.62. The smallest absolute Gasteiger partial charge is 0.297 e. The Morgan fingerprint density at radius 3 is 2.02 bits per heavy atom. The van der Waals surface area contributed by atoms with Gasteiger partial charge in [-0.1, -0.05) is 126 Å².